The van der Waals surface area contributed by atoms with Gasteiger partial charge in [0.1, 0.15) is 5.52 Å². The van der Waals surface area contributed by atoms with Gasteiger partial charge in [0.25, 0.3) is 0 Å². The highest BCUT2D eigenvalue weighted by Crippen LogP contribution is 2.46. The van der Waals surface area contributed by atoms with Gasteiger partial charge in [-0.25, -0.2) is 4.98 Å². The van der Waals surface area contributed by atoms with E-state index < -0.39 is 0 Å². The van der Waals surface area contributed by atoms with E-state index in [0.717, 1.165) is 17.6 Å². The maximum absolute atomic E-state index is 4.45. The van der Waals surface area contributed by atoms with Gasteiger partial charge in [-0.05, 0) is 31.2 Å². The Bertz CT molecular complexity index is 539. The van der Waals surface area contributed by atoms with Crippen LogP contribution < -0.4 is 5.32 Å². The molecular weight excluding hydrogens is 232 g/mol. The Balaban J connectivity index is 1.77. The average molecular weight is 246 g/mol. The first kappa shape index (κ1) is 10.8. The lowest BCUT2D eigenvalue weighted by Crippen LogP contribution is -2.19. The van der Waals surface area contributed by atoms with E-state index in [-0.39, 0.29) is 0 Å². The third kappa shape index (κ3) is 2.20. The predicted octanol–water partition coefficient (Wildman–Crippen LogP) is 2.33. The molecule has 0 bridgehead atoms. The summed E-state index contributed by atoms with van der Waals surface area (Å²) in [6.07, 6.45) is 4.72. The molecule has 1 aliphatic carbocycles. The van der Waals surface area contributed by atoms with Crippen LogP contribution in [0.1, 0.15) is 12.8 Å². The van der Waals surface area contributed by atoms with Crippen molar-refractivity contribution in [3.05, 3.63) is 24.3 Å². The van der Waals surface area contributed by atoms with Crippen molar-refractivity contribution in [3.63, 3.8) is 0 Å². The van der Waals surface area contributed by atoms with Gasteiger partial charge in [-0.2, -0.15) is 11.8 Å². The van der Waals surface area contributed by atoms with Crippen LogP contribution in [0.4, 0.5) is 5.95 Å². The number of aromatic nitrogens is 3. The number of nitrogens with zero attached hydrogens (tertiary/aromatic N) is 3. The number of benzene rings is 1. The van der Waals surface area contributed by atoms with Crippen LogP contribution in [-0.4, -0.2) is 32.7 Å². The van der Waals surface area contributed by atoms with Gasteiger partial charge in [0.2, 0.25) is 5.95 Å². The van der Waals surface area contributed by atoms with Crippen LogP contribution in [0.25, 0.3) is 11.0 Å². The molecule has 1 fully saturated rings. The molecule has 1 aliphatic rings. The lowest BCUT2D eigenvalue weighted by atomic mass is 10.3. The first-order chi connectivity index (χ1) is 8.31. The second-order valence-electron chi connectivity index (χ2n) is 4.36. The molecule has 1 aromatic heterocycles. The van der Waals surface area contributed by atoms with Crippen LogP contribution in [0.15, 0.2) is 24.3 Å². The lowest BCUT2D eigenvalue weighted by Gasteiger charge is -2.12. The van der Waals surface area contributed by atoms with E-state index in [1.54, 1.807) is 0 Å². The van der Waals surface area contributed by atoms with Crippen molar-refractivity contribution in [1.82, 2.24) is 15.2 Å². The fourth-order valence-electron chi connectivity index (χ4n) is 1.79. The van der Waals surface area contributed by atoms with Gasteiger partial charge >= 0.3 is 0 Å². The molecule has 5 heteroatoms. The average Bonchev–Trinajstić information content (AvgIpc) is 3.17. The van der Waals surface area contributed by atoms with Crippen LogP contribution in [0.3, 0.4) is 0 Å². The van der Waals surface area contributed by atoms with E-state index >= 15 is 0 Å². The Morgan fingerprint density at radius 3 is 2.71 bits per heavy atom. The summed E-state index contributed by atoms with van der Waals surface area (Å²) in [5, 5.41) is 11.5. The van der Waals surface area contributed by atoms with Crippen molar-refractivity contribution in [2.24, 2.45) is 0 Å². The summed E-state index contributed by atoms with van der Waals surface area (Å²) in [4.78, 5) is 4.45. The lowest BCUT2D eigenvalue weighted by molar-refractivity contribution is 0.910. The summed E-state index contributed by atoms with van der Waals surface area (Å²) in [6.45, 7) is 0.925. The number of hydrogen-bond acceptors (Lipinski definition) is 5. The number of hydrogen-bond donors (Lipinski definition) is 1. The topological polar surface area (TPSA) is 50.7 Å². The number of thioether (sulfide) groups is 1. The van der Waals surface area contributed by atoms with Crippen molar-refractivity contribution in [3.8, 4) is 0 Å². The largest absolute Gasteiger partial charge is 0.352 e. The summed E-state index contributed by atoms with van der Waals surface area (Å²) in [5.41, 5.74) is 1.73. The zero-order valence-corrected chi connectivity index (χ0v) is 10.5. The molecule has 1 aromatic carbocycles. The molecule has 1 heterocycles. The molecule has 0 saturated heterocycles. The molecule has 17 heavy (non-hydrogen) atoms. The highest BCUT2D eigenvalue weighted by atomic mass is 32.2. The fraction of sp³-hybridized carbons (Fsp3) is 0.417. The van der Waals surface area contributed by atoms with Crippen molar-refractivity contribution in [2.75, 3.05) is 18.1 Å². The summed E-state index contributed by atoms with van der Waals surface area (Å²) in [7, 11) is 0. The molecule has 0 radical (unpaired) electrons. The van der Waals surface area contributed by atoms with Gasteiger partial charge in [0, 0.05) is 11.3 Å². The highest BCUT2D eigenvalue weighted by Gasteiger charge is 2.41. The minimum absolute atomic E-state index is 0.412. The normalized spacial score (nSPS) is 17.0. The quantitative estimate of drug-likeness (QED) is 0.897. The van der Waals surface area contributed by atoms with Crippen LogP contribution in [-0.2, 0) is 0 Å². The third-order valence-electron chi connectivity index (χ3n) is 3.17. The van der Waals surface area contributed by atoms with Crippen molar-refractivity contribution in [1.29, 1.82) is 0 Å². The highest BCUT2D eigenvalue weighted by molar-refractivity contribution is 8.00. The van der Waals surface area contributed by atoms with Gasteiger partial charge in [0.15, 0.2) is 0 Å². The molecule has 0 spiro atoms. The molecule has 2 aromatic rings. The minimum atomic E-state index is 0.412. The fourth-order valence-corrected chi connectivity index (χ4v) is 2.52. The van der Waals surface area contributed by atoms with Gasteiger partial charge in [-0.3, -0.25) is 0 Å². The van der Waals surface area contributed by atoms with Gasteiger partial charge in [-0.15, -0.1) is 10.2 Å². The second kappa shape index (κ2) is 4.14. The number of fused-ring (bicyclic) bond motifs is 1. The Morgan fingerprint density at radius 2 is 2.00 bits per heavy atom. The molecular formula is C12H14N4S. The molecule has 1 saturated carbocycles. The molecule has 1 N–H and O–H groups in total. The van der Waals surface area contributed by atoms with Crippen molar-refractivity contribution >= 4 is 28.7 Å². The molecule has 0 unspecified atom stereocenters. The Hall–Kier alpha value is -1.36. The standard InChI is InChI=1S/C12H14N4S/c1-17-12(6-7-12)8-13-11-14-9-4-2-3-5-10(9)15-16-11/h2-5H,6-8H2,1H3,(H,13,14,16). The summed E-state index contributed by atoms with van der Waals surface area (Å²) < 4.78 is 0.412. The minimum Gasteiger partial charge on any atom is -0.352 e. The molecule has 88 valence electrons. The van der Waals surface area contributed by atoms with Gasteiger partial charge in [-0.1, -0.05) is 12.1 Å². The number of anilines is 1. The second-order valence-corrected chi connectivity index (χ2v) is 5.64. The maximum Gasteiger partial charge on any atom is 0.243 e. The van der Waals surface area contributed by atoms with E-state index in [1.165, 1.54) is 12.8 Å². The van der Waals surface area contributed by atoms with Gasteiger partial charge < -0.3 is 5.32 Å². The third-order valence-corrected chi connectivity index (χ3v) is 4.59. The number of rotatable bonds is 4. The van der Waals surface area contributed by atoms with E-state index in [2.05, 4.69) is 26.8 Å². The Morgan fingerprint density at radius 1 is 1.24 bits per heavy atom. The molecule has 4 nitrogen and oxygen atoms in total. The summed E-state index contributed by atoms with van der Waals surface area (Å²) >= 11 is 1.92. The molecule has 0 aliphatic heterocycles. The predicted molar refractivity (Wildman–Crippen MR) is 71.3 cm³/mol. The first-order valence-corrected chi connectivity index (χ1v) is 6.92. The smallest absolute Gasteiger partial charge is 0.243 e. The molecule has 0 amide bonds. The van der Waals surface area contributed by atoms with Crippen LogP contribution in [0.5, 0.6) is 0 Å². The number of para-hydroxylation sites is 1. The van der Waals surface area contributed by atoms with Crippen LogP contribution in [0, 0.1) is 0 Å². The Kier molecular flexibility index (Phi) is 2.63. The SMILES string of the molecule is CSC1(CNc2nnc3ccccc3n2)CC1. The van der Waals surface area contributed by atoms with E-state index in [4.69, 9.17) is 0 Å². The van der Waals surface area contributed by atoms with Crippen molar-refractivity contribution in [2.45, 2.75) is 17.6 Å². The monoisotopic (exact) mass is 246 g/mol. The van der Waals surface area contributed by atoms with Crippen molar-refractivity contribution < 1.29 is 0 Å². The zero-order valence-electron chi connectivity index (χ0n) is 9.68. The van der Waals surface area contributed by atoms with E-state index in [0.29, 0.717) is 10.7 Å². The Labute approximate surface area is 104 Å². The van der Waals surface area contributed by atoms with Crippen LogP contribution >= 0.6 is 11.8 Å². The molecule has 0 atom stereocenters. The summed E-state index contributed by atoms with van der Waals surface area (Å²) in [6, 6.07) is 7.78. The summed E-state index contributed by atoms with van der Waals surface area (Å²) in [5.74, 6) is 0.629. The van der Waals surface area contributed by atoms with E-state index in [9.17, 15) is 0 Å². The van der Waals surface area contributed by atoms with Gasteiger partial charge in [0.05, 0.1) is 5.52 Å². The maximum atomic E-state index is 4.45. The zero-order chi connectivity index (χ0) is 11.7. The number of nitrogens with one attached hydrogen (secondary N) is 1. The van der Waals surface area contributed by atoms with E-state index in [1.807, 2.05) is 36.0 Å². The first-order valence-electron chi connectivity index (χ1n) is 5.70. The van der Waals surface area contributed by atoms with Crippen LogP contribution in [0.2, 0.25) is 0 Å². The molecule has 3 rings (SSSR count).